The molecule has 0 aliphatic rings. The Labute approximate surface area is 73.3 Å². The molecule has 3 nitrogen and oxygen atoms in total. The summed E-state index contributed by atoms with van der Waals surface area (Å²) in [7, 11) is -4.56. The van der Waals surface area contributed by atoms with Gasteiger partial charge in [0.2, 0.25) is 0 Å². The molecule has 0 saturated carbocycles. The average Bonchev–Trinajstić information content (AvgIpc) is 1.81. The van der Waals surface area contributed by atoms with E-state index >= 15 is 0 Å². The van der Waals surface area contributed by atoms with Crippen molar-refractivity contribution in [2.75, 3.05) is 18.8 Å². The molecule has 13 heavy (non-hydrogen) atoms. The molecule has 1 N–H and O–H groups in total. The maximum atomic E-state index is 11.8. The smallest absolute Gasteiger partial charge is 0.309 e. The van der Waals surface area contributed by atoms with Crippen LogP contribution in [-0.2, 0) is 10.2 Å². The summed E-state index contributed by atoms with van der Waals surface area (Å²) in [5.74, 6) is -0.752. The predicted molar refractivity (Wildman–Crippen MR) is 38.4 cm³/mol. The molecule has 0 rings (SSSR count). The van der Waals surface area contributed by atoms with Gasteiger partial charge < -0.3 is 5.32 Å². The molecule has 0 aromatic rings. The Morgan fingerprint density at radius 1 is 1.23 bits per heavy atom. The Hall–Kier alpha value is -0.370. The van der Waals surface area contributed by atoms with Crippen LogP contribution in [0.1, 0.15) is 6.42 Å². The van der Waals surface area contributed by atoms with E-state index in [1.165, 1.54) is 0 Å². The average molecular weight is 223 g/mol. The Balaban J connectivity index is 3.39. The second kappa shape index (κ2) is 4.75. The normalized spacial score (nSPS) is 13.2. The molecule has 0 heterocycles. The second-order valence-corrected chi connectivity index (χ2v) is 3.87. The zero-order valence-corrected chi connectivity index (χ0v) is 7.38. The lowest BCUT2D eigenvalue weighted by Gasteiger charge is -2.06. The van der Waals surface area contributed by atoms with Crippen LogP contribution in [0, 0.1) is 0 Å². The number of alkyl halides is 3. The highest BCUT2D eigenvalue weighted by molar-refractivity contribution is 7.86. The summed E-state index contributed by atoms with van der Waals surface area (Å²) in [6.45, 7) is -1.37. The van der Waals surface area contributed by atoms with Gasteiger partial charge in [-0.2, -0.15) is 21.6 Å². The lowest BCUT2D eigenvalue weighted by atomic mass is 10.4. The van der Waals surface area contributed by atoms with Crippen LogP contribution in [0.25, 0.3) is 0 Å². The first-order valence-electron chi connectivity index (χ1n) is 3.40. The van der Waals surface area contributed by atoms with Crippen LogP contribution in [0.4, 0.5) is 17.1 Å². The van der Waals surface area contributed by atoms with Crippen LogP contribution in [0.5, 0.6) is 0 Å². The van der Waals surface area contributed by atoms with Gasteiger partial charge in [-0.05, 0) is 13.0 Å². The minimum absolute atomic E-state index is 0.172. The summed E-state index contributed by atoms with van der Waals surface area (Å²) < 4.78 is 65.9. The predicted octanol–water partition coefficient (Wildman–Crippen LogP) is 0.828. The minimum Gasteiger partial charge on any atom is -0.309 e. The van der Waals surface area contributed by atoms with E-state index in [0.717, 1.165) is 0 Å². The molecule has 0 aliphatic carbocycles. The second-order valence-electron chi connectivity index (χ2n) is 2.39. The molecule has 0 spiro atoms. The van der Waals surface area contributed by atoms with Crippen molar-refractivity contribution in [2.24, 2.45) is 0 Å². The summed E-state index contributed by atoms with van der Waals surface area (Å²) in [5, 5.41) is 1.94. The van der Waals surface area contributed by atoms with Crippen molar-refractivity contribution in [3.05, 3.63) is 0 Å². The summed E-state index contributed by atoms with van der Waals surface area (Å²) in [6.07, 6.45) is -4.50. The molecule has 0 saturated heterocycles. The van der Waals surface area contributed by atoms with E-state index in [1.54, 1.807) is 0 Å². The topological polar surface area (TPSA) is 46.2 Å². The quantitative estimate of drug-likeness (QED) is 0.426. The monoisotopic (exact) mass is 223 g/mol. The summed E-state index contributed by atoms with van der Waals surface area (Å²) in [4.78, 5) is 0. The molecule has 0 aromatic heterocycles. The number of nitrogens with one attached hydrogen (secondary N) is 1. The molecule has 0 atom stereocenters. The third kappa shape index (κ3) is 11.6. The fourth-order valence-corrected chi connectivity index (χ4v) is 1.09. The number of rotatable bonds is 5. The van der Waals surface area contributed by atoms with Crippen LogP contribution in [0.15, 0.2) is 0 Å². The molecule has 0 radical (unpaired) electrons. The first-order chi connectivity index (χ1) is 5.71. The zero-order valence-electron chi connectivity index (χ0n) is 6.57. The van der Waals surface area contributed by atoms with Gasteiger partial charge >= 0.3 is 16.4 Å². The van der Waals surface area contributed by atoms with Crippen molar-refractivity contribution in [1.29, 1.82) is 0 Å². The maximum absolute atomic E-state index is 11.8. The van der Waals surface area contributed by atoms with Crippen molar-refractivity contribution in [3.63, 3.8) is 0 Å². The van der Waals surface area contributed by atoms with Crippen LogP contribution in [0.2, 0.25) is 0 Å². The van der Waals surface area contributed by atoms with Crippen molar-refractivity contribution in [1.82, 2.24) is 5.32 Å². The van der Waals surface area contributed by atoms with Gasteiger partial charge in [-0.3, -0.25) is 0 Å². The Kier molecular flexibility index (Phi) is 4.62. The highest BCUT2D eigenvalue weighted by Gasteiger charge is 2.25. The molecule has 0 bridgehead atoms. The minimum atomic E-state index is -4.56. The highest BCUT2D eigenvalue weighted by Crippen LogP contribution is 2.11. The van der Waals surface area contributed by atoms with E-state index in [1.807, 2.05) is 5.32 Å². The van der Waals surface area contributed by atoms with Gasteiger partial charge in [0.1, 0.15) is 0 Å². The third-order valence-electron chi connectivity index (χ3n) is 1.07. The number of hydrogen-bond acceptors (Lipinski definition) is 3. The third-order valence-corrected chi connectivity index (χ3v) is 1.84. The molecule has 0 amide bonds. The SMILES string of the molecule is O=S(=O)(F)CCCNCC(F)(F)F. The number of hydrogen-bond donors (Lipinski definition) is 1. The molecule has 0 unspecified atom stereocenters. The first kappa shape index (κ1) is 12.6. The summed E-state index contributed by atoms with van der Waals surface area (Å²) >= 11 is 0. The Morgan fingerprint density at radius 2 is 1.77 bits per heavy atom. The van der Waals surface area contributed by atoms with Crippen LogP contribution in [0.3, 0.4) is 0 Å². The molecule has 80 valence electrons. The van der Waals surface area contributed by atoms with Gasteiger partial charge in [0.25, 0.3) is 0 Å². The van der Waals surface area contributed by atoms with E-state index < -0.39 is 28.7 Å². The Morgan fingerprint density at radius 3 is 2.15 bits per heavy atom. The largest absolute Gasteiger partial charge is 0.401 e. The molecular weight excluding hydrogens is 214 g/mol. The van der Waals surface area contributed by atoms with Crippen LogP contribution in [-0.4, -0.2) is 33.4 Å². The van der Waals surface area contributed by atoms with Crippen molar-refractivity contribution < 1.29 is 25.5 Å². The standard InChI is InChI=1S/C5H9F4NO2S/c6-5(7,8)4-10-2-1-3-13(9,11)12/h10H,1-4H2. The lowest BCUT2D eigenvalue weighted by molar-refractivity contribution is -0.124. The van der Waals surface area contributed by atoms with Crippen LogP contribution >= 0.6 is 0 Å². The van der Waals surface area contributed by atoms with E-state index in [2.05, 4.69) is 0 Å². The van der Waals surface area contributed by atoms with Gasteiger partial charge in [0, 0.05) is 0 Å². The fraction of sp³-hybridized carbons (Fsp3) is 1.00. The maximum Gasteiger partial charge on any atom is 0.401 e. The van der Waals surface area contributed by atoms with E-state index in [4.69, 9.17) is 0 Å². The van der Waals surface area contributed by atoms with Crippen molar-refractivity contribution >= 4 is 10.2 Å². The van der Waals surface area contributed by atoms with Gasteiger partial charge in [0.05, 0.1) is 12.3 Å². The van der Waals surface area contributed by atoms with Gasteiger partial charge in [-0.1, -0.05) is 0 Å². The van der Waals surface area contributed by atoms with E-state index in [0.29, 0.717) is 0 Å². The number of halogens is 4. The van der Waals surface area contributed by atoms with Crippen molar-refractivity contribution in [2.45, 2.75) is 12.6 Å². The van der Waals surface area contributed by atoms with Gasteiger partial charge in [-0.15, -0.1) is 3.89 Å². The molecule has 0 aliphatic heterocycles. The van der Waals surface area contributed by atoms with Crippen molar-refractivity contribution in [3.8, 4) is 0 Å². The molecule has 8 heteroatoms. The fourth-order valence-electron chi connectivity index (χ4n) is 0.600. The molecular formula is C5H9F4NO2S. The van der Waals surface area contributed by atoms with E-state index in [-0.39, 0.29) is 13.0 Å². The Bertz CT molecular complexity index is 235. The first-order valence-corrected chi connectivity index (χ1v) is 4.96. The van der Waals surface area contributed by atoms with E-state index in [9.17, 15) is 25.5 Å². The molecule has 0 fully saturated rings. The highest BCUT2D eigenvalue weighted by atomic mass is 32.3. The summed E-state index contributed by atoms with van der Waals surface area (Å²) in [5.41, 5.74) is 0. The lowest BCUT2D eigenvalue weighted by Crippen LogP contribution is -2.30. The summed E-state index contributed by atoms with van der Waals surface area (Å²) in [6, 6.07) is 0. The molecule has 0 aromatic carbocycles. The van der Waals surface area contributed by atoms with Crippen LogP contribution < -0.4 is 5.32 Å². The van der Waals surface area contributed by atoms with Gasteiger partial charge in [-0.25, -0.2) is 0 Å². The zero-order chi connectivity index (χ0) is 10.5. The van der Waals surface area contributed by atoms with Gasteiger partial charge in [0.15, 0.2) is 0 Å².